The second kappa shape index (κ2) is 18.3. The monoisotopic (exact) mass is 386 g/mol. The van der Waals surface area contributed by atoms with Gasteiger partial charge in [0.25, 0.3) is 0 Å². The molecule has 0 fully saturated rings. The number of hydrogen-bond donors (Lipinski definition) is 0. The Labute approximate surface area is 170 Å². The van der Waals surface area contributed by atoms with Gasteiger partial charge in [-0.2, -0.15) is 0 Å². The predicted molar refractivity (Wildman–Crippen MR) is 118 cm³/mol. The third kappa shape index (κ3) is 17.4. The molecule has 1 nitrogen and oxygen atoms in total. The summed E-state index contributed by atoms with van der Waals surface area (Å²) in [4.78, 5) is 11.2. The van der Waals surface area contributed by atoms with Gasteiger partial charge in [0.1, 0.15) is 0 Å². The van der Waals surface area contributed by atoms with Crippen molar-refractivity contribution in [3.05, 3.63) is 0 Å². The van der Waals surface area contributed by atoms with Crippen molar-refractivity contribution in [3.8, 4) is 0 Å². The minimum Gasteiger partial charge on any atom is -0.281 e. The van der Waals surface area contributed by atoms with Crippen LogP contribution in [-0.2, 0) is 4.79 Å². The Morgan fingerprint density at radius 3 is 1.12 bits per heavy atom. The molecule has 0 aliphatic rings. The van der Waals surface area contributed by atoms with Gasteiger partial charge in [-0.3, -0.25) is 4.79 Å². The van der Waals surface area contributed by atoms with Gasteiger partial charge in [-0.1, -0.05) is 136 Å². The number of halogens is 1. The van der Waals surface area contributed by atoms with Gasteiger partial charge in [-0.25, -0.2) is 0 Å². The van der Waals surface area contributed by atoms with E-state index in [1.165, 1.54) is 109 Å². The maximum Gasteiger partial charge on any atom is 0.227 e. The first-order chi connectivity index (χ1) is 12.5. The van der Waals surface area contributed by atoms with E-state index in [1.54, 1.807) is 0 Å². The average molecular weight is 387 g/mol. The van der Waals surface area contributed by atoms with Gasteiger partial charge in [0.05, 0.1) is 0 Å². The summed E-state index contributed by atoms with van der Waals surface area (Å²) in [6, 6.07) is 0. The third-order valence-electron chi connectivity index (χ3n) is 5.69. The summed E-state index contributed by atoms with van der Waals surface area (Å²) in [7, 11) is 0. The van der Waals surface area contributed by atoms with Crippen LogP contribution in [0.3, 0.4) is 0 Å². The molecule has 0 aliphatic heterocycles. The third-order valence-corrected chi connectivity index (χ3v) is 6.20. The van der Waals surface area contributed by atoms with Crippen molar-refractivity contribution in [1.82, 2.24) is 0 Å². The van der Waals surface area contributed by atoms with Crippen LogP contribution in [0.5, 0.6) is 0 Å². The number of unbranched alkanes of at least 4 members (excludes halogenated alkanes) is 17. The van der Waals surface area contributed by atoms with Gasteiger partial charge in [-0.05, 0) is 18.0 Å². The van der Waals surface area contributed by atoms with Crippen molar-refractivity contribution >= 4 is 16.8 Å². The van der Waals surface area contributed by atoms with Crippen molar-refractivity contribution in [2.45, 2.75) is 143 Å². The molecule has 0 bridgehead atoms. The fourth-order valence-electron chi connectivity index (χ4n) is 3.57. The van der Waals surface area contributed by atoms with Crippen LogP contribution in [0.2, 0.25) is 0 Å². The van der Waals surface area contributed by atoms with E-state index in [2.05, 4.69) is 6.92 Å². The summed E-state index contributed by atoms with van der Waals surface area (Å²) in [5.74, 6) is 0. The Bertz CT molecular complexity index is 311. The van der Waals surface area contributed by atoms with Crippen molar-refractivity contribution in [2.75, 3.05) is 0 Å². The van der Waals surface area contributed by atoms with E-state index in [1.807, 2.05) is 13.8 Å². The molecule has 0 saturated carbocycles. The Morgan fingerprint density at radius 2 is 0.846 bits per heavy atom. The lowest BCUT2D eigenvalue weighted by molar-refractivity contribution is -0.119. The van der Waals surface area contributed by atoms with Gasteiger partial charge in [-0.15, -0.1) is 0 Å². The highest BCUT2D eigenvalue weighted by Crippen LogP contribution is 2.26. The lowest BCUT2D eigenvalue weighted by atomic mass is 9.88. The molecule has 0 atom stereocenters. The number of rotatable bonds is 20. The van der Waals surface area contributed by atoms with Gasteiger partial charge in [0.15, 0.2) is 0 Å². The summed E-state index contributed by atoms with van der Waals surface area (Å²) in [6.07, 6.45) is 26.0. The Morgan fingerprint density at radius 1 is 0.577 bits per heavy atom. The van der Waals surface area contributed by atoms with E-state index in [0.717, 1.165) is 12.8 Å². The topological polar surface area (TPSA) is 17.1 Å². The van der Waals surface area contributed by atoms with Gasteiger partial charge >= 0.3 is 0 Å². The molecule has 0 aromatic heterocycles. The van der Waals surface area contributed by atoms with Crippen LogP contribution in [0.25, 0.3) is 0 Å². The van der Waals surface area contributed by atoms with Crippen molar-refractivity contribution < 1.29 is 4.79 Å². The molecule has 0 saturated heterocycles. The molecule has 0 rings (SSSR count). The van der Waals surface area contributed by atoms with Crippen LogP contribution in [0.1, 0.15) is 143 Å². The Balaban J connectivity index is 3.13. The molecular weight excluding hydrogens is 340 g/mol. The average Bonchev–Trinajstić information content (AvgIpc) is 2.60. The molecule has 0 radical (unpaired) electrons. The first kappa shape index (κ1) is 26.0. The zero-order valence-electron chi connectivity index (χ0n) is 18.2. The molecule has 0 heterocycles. The maximum atomic E-state index is 11.2. The summed E-state index contributed by atoms with van der Waals surface area (Å²) in [5.41, 5.74) is -0.337. The molecule has 0 aliphatic carbocycles. The summed E-state index contributed by atoms with van der Waals surface area (Å²) in [5, 5.41) is -0.190. The van der Waals surface area contributed by atoms with Gasteiger partial charge < -0.3 is 0 Å². The molecule has 0 amide bonds. The van der Waals surface area contributed by atoms with E-state index in [4.69, 9.17) is 11.6 Å². The van der Waals surface area contributed by atoms with E-state index in [-0.39, 0.29) is 10.7 Å². The molecule has 0 spiro atoms. The number of hydrogen-bond acceptors (Lipinski definition) is 1. The molecule has 156 valence electrons. The normalized spacial score (nSPS) is 11.8. The zero-order chi connectivity index (χ0) is 19.5. The molecular formula is C24H47ClO. The quantitative estimate of drug-likeness (QED) is 0.150. The molecule has 26 heavy (non-hydrogen) atoms. The summed E-state index contributed by atoms with van der Waals surface area (Å²) in [6.45, 7) is 6.20. The molecule has 0 aromatic rings. The first-order valence-electron chi connectivity index (χ1n) is 11.7. The van der Waals surface area contributed by atoms with Crippen LogP contribution >= 0.6 is 11.6 Å². The van der Waals surface area contributed by atoms with E-state index in [9.17, 15) is 4.79 Å². The second-order valence-corrected chi connectivity index (χ2v) is 9.26. The highest BCUT2D eigenvalue weighted by molar-refractivity contribution is 6.64. The zero-order valence-corrected chi connectivity index (χ0v) is 19.0. The summed E-state index contributed by atoms with van der Waals surface area (Å²) >= 11 is 5.61. The number of carbonyl (C=O) groups excluding carboxylic acids is 1. The van der Waals surface area contributed by atoms with Crippen LogP contribution in [-0.4, -0.2) is 5.24 Å². The lowest BCUT2D eigenvalue weighted by Crippen LogP contribution is -2.18. The fraction of sp³-hybridized carbons (Fsp3) is 0.958. The highest BCUT2D eigenvalue weighted by Gasteiger charge is 2.24. The van der Waals surface area contributed by atoms with E-state index in [0.29, 0.717) is 0 Å². The van der Waals surface area contributed by atoms with Crippen molar-refractivity contribution in [3.63, 3.8) is 0 Å². The van der Waals surface area contributed by atoms with Gasteiger partial charge in [0.2, 0.25) is 5.24 Å². The number of carbonyl (C=O) groups is 1. The van der Waals surface area contributed by atoms with Crippen LogP contribution in [0.15, 0.2) is 0 Å². The molecule has 0 unspecified atom stereocenters. The lowest BCUT2D eigenvalue weighted by Gasteiger charge is -2.18. The van der Waals surface area contributed by atoms with Crippen molar-refractivity contribution in [1.29, 1.82) is 0 Å². The smallest absolute Gasteiger partial charge is 0.227 e. The van der Waals surface area contributed by atoms with E-state index >= 15 is 0 Å². The summed E-state index contributed by atoms with van der Waals surface area (Å²) < 4.78 is 0. The van der Waals surface area contributed by atoms with E-state index < -0.39 is 0 Å². The maximum absolute atomic E-state index is 11.2. The minimum atomic E-state index is -0.337. The Kier molecular flexibility index (Phi) is 18.3. The minimum absolute atomic E-state index is 0.190. The first-order valence-corrected chi connectivity index (χ1v) is 12.1. The largest absolute Gasteiger partial charge is 0.281 e. The molecule has 2 heteroatoms. The fourth-order valence-corrected chi connectivity index (χ4v) is 3.66. The van der Waals surface area contributed by atoms with Crippen LogP contribution < -0.4 is 0 Å². The SMILES string of the molecule is CCCCCCCCCCCCCCCCCCCCC(C)(C)C(=O)Cl. The standard InChI is InChI=1S/C24H47ClO/c1-4-5-6-7-8-9-10-11-12-13-14-15-16-17-18-19-20-21-22-24(2,3)23(25)26/h4-22H2,1-3H3. The van der Waals surface area contributed by atoms with Gasteiger partial charge in [0, 0.05) is 5.41 Å². The molecule has 0 aromatic carbocycles. The highest BCUT2D eigenvalue weighted by atomic mass is 35.5. The molecule has 0 N–H and O–H groups in total. The second-order valence-electron chi connectivity index (χ2n) is 8.92. The predicted octanol–water partition coefficient (Wildman–Crippen LogP) is 9.21. The Hall–Kier alpha value is -0.0400. The van der Waals surface area contributed by atoms with Crippen LogP contribution in [0.4, 0.5) is 0 Å². The van der Waals surface area contributed by atoms with Crippen LogP contribution in [0, 0.1) is 5.41 Å². The van der Waals surface area contributed by atoms with Crippen molar-refractivity contribution in [2.24, 2.45) is 5.41 Å².